The number of aryl methyl sites for hydroxylation is 2. The van der Waals surface area contributed by atoms with Crippen molar-refractivity contribution in [1.29, 1.82) is 0 Å². The summed E-state index contributed by atoms with van der Waals surface area (Å²) in [6.07, 6.45) is 0.454. The Hall–Kier alpha value is -2.39. The minimum atomic E-state index is -1.81. The van der Waals surface area contributed by atoms with E-state index in [2.05, 4.69) is 0 Å². The fraction of sp³-hybridized carbons (Fsp3) is 0.182. The molecule has 0 aromatic heterocycles. The first-order valence-corrected chi connectivity index (χ1v) is 12.4. The lowest BCUT2D eigenvalue weighted by Crippen LogP contribution is -2.39. The summed E-state index contributed by atoms with van der Waals surface area (Å²) in [7, 11) is -3.62. The van der Waals surface area contributed by atoms with Crippen LogP contribution in [0.4, 0.5) is 0 Å². The first-order valence-electron chi connectivity index (χ1n) is 9.12. The van der Waals surface area contributed by atoms with E-state index in [-0.39, 0.29) is 12.5 Å². The summed E-state index contributed by atoms with van der Waals surface area (Å²) in [6.45, 7) is 3.98. The molecule has 0 fully saturated rings. The molecule has 0 amide bonds. The molecule has 0 unspecified atom stereocenters. The first-order chi connectivity index (χ1) is 13.6. The van der Waals surface area contributed by atoms with Gasteiger partial charge in [0.15, 0.2) is 11.5 Å². The fourth-order valence-corrected chi connectivity index (χ4v) is 5.48. The second-order valence-corrected chi connectivity index (χ2v) is 9.99. The highest BCUT2D eigenvalue weighted by atomic mass is 28.3. The van der Waals surface area contributed by atoms with Crippen LogP contribution in [0.15, 0.2) is 72.8 Å². The van der Waals surface area contributed by atoms with E-state index in [1.54, 1.807) is 0 Å². The highest BCUT2D eigenvalue weighted by molar-refractivity contribution is 6.67. The summed E-state index contributed by atoms with van der Waals surface area (Å²) in [6, 6.07) is 23.0. The van der Waals surface area contributed by atoms with Gasteiger partial charge >= 0.3 is 0 Å². The van der Waals surface area contributed by atoms with Crippen molar-refractivity contribution in [1.82, 2.24) is 0 Å². The van der Waals surface area contributed by atoms with E-state index in [1.807, 2.05) is 86.6 Å². The normalized spacial score (nSPS) is 11.1. The molecule has 0 aliphatic carbocycles. The molecule has 3 aromatic carbocycles. The molecule has 3 rings (SSSR count). The summed E-state index contributed by atoms with van der Waals surface area (Å²) in [5, 5.41) is 1.90. The van der Waals surface area contributed by atoms with Gasteiger partial charge in [-0.1, -0.05) is 60.7 Å². The predicted molar refractivity (Wildman–Crippen MR) is 115 cm³/mol. The maximum absolute atomic E-state index is 10.6. The highest BCUT2D eigenvalue weighted by Gasteiger charge is 2.18. The van der Waals surface area contributed by atoms with Crippen molar-refractivity contribution in [3.05, 3.63) is 83.9 Å². The Morgan fingerprint density at radius 2 is 0.964 bits per heavy atom. The van der Waals surface area contributed by atoms with Crippen molar-refractivity contribution in [2.75, 3.05) is 12.5 Å². The number of hydrogen-bond donors (Lipinski definition) is 2. The standard InChI is InChI=1S/C22H24O4Si2/c1-17-9-3-7-13-21(17)27(23)15-25-19-11-5-6-12-20(19)26-16-28(24)22-14-8-4-10-18(22)2/h3-14,23-24H,15-16H2,1-2H3. The summed E-state index contributed by atoms with van der Waals surface area (Å²) in [5.74, 6) is 1.15. The van der Waals surface area contributed by atoms with Crippen LogP contribution in [-0.2, 0) is 0 Å². The zero-order chi connectivity index (χ0) is 19.9. The Balaban J connectivity index is 1.63. The number of benzene rings is 3. The fourth-order valence-electron chi connectivity index (χ4n) is 2.93. The zero-order valence-corrected chi connectivity index (χ0v) is 18.1. The van der Waals surface area contributed by atoms with Gasteiger partial charge in [-0.15, -0.1) is 0 Å². The lowest BCUT2D eigenvalue weighted by Gasteiger charge is -2.16. The average Bonchev–Trinajstić information content (AvgIpc) is 2.71. The van der Waals surface area contributed by atoms with Gasteiger partial charge in [0.2, 0.25) is 0 Å². The molecule has 2 radical (unpaired) electrons. The number of hydrogen-bond acceptors (Lipinski definition) is 4. The van der Waals surface area contributed by atoms with E-state index in [9.17, 15) is 9.59 Å². The van der Waals surface area contributed by atoms with E-state index < -0.39 is 18.1 Å². The van der Waals surface area contributed by atoms with Crippen LogP contribution in [0.3, 0.4) is 0 Å². The monoisotopic (exact) mass is 408 g/mol. The molecule has 2 N–H and O–H groups in total. The van der Waals surface area contributed by atoms with Crippen LogP contribution >= 0.6 is 0 Å². The van der Waals surface area contributed by atoms with E-state index >= 15 is 0 Å². The summed E-state index contributed by atoms with van der Waals surface area (Å²) in [5.41, 5.74) is 2.13. The Morgan fingerprint density at radius 1 is 0.607 bits per heavy atom. The molecule has 0 saturated carbocycles. The number of ether oxygens (including phenoxy) is 2. The third kappa shape index (κ3) is 5.11. The third-order valence-electron chi connectivity index (χ3n) is 4.49. The van der Waals surface area contributed by atoms with Crippen LogP contribution in [0.1, 0.15) is 11.1 Å². The van der Waals surface area contributed by atoms with E-state index in [1.165, 1.54) is 0 Å². The lowest BCUT2D eigenvalue weighted by atomic mass is 10.2. The SMILES string of the molecule is Cc1ccccc1[Si](O)COc1ccccc1OC[Si](O)c1ccccc1C. The molecule has 4 nitrogen and oxygen atoms in total. The second kappa shape index (κ2) is 9.70. The molecular formula is C22H24O4Si2. The van der Waals surface area contributed by atoms with Gasteiger partial charge in [-0.3, -0.25) is 0 Å². The molecule has 0 bridgehead atoms. The van der Waals surface area contributed by atoms with Crippen LogP contribution in [0.5, 0.6) is 11.5 Å². The quantitative estimate of drug-likeness (QED) is 0.559. The van der Waals surface area contributed by atoms with Gasteiger partial charge in [0.1, 0.15) is 12.5 Å². The van der Waals surface area contributed by atoms with Crippen molar-refractivity contribution in [3.8, 4) is 11.5 Å². The van der Waals surface area contributed by atoms with Crippen LogP contribution < -0.4 is 19.8 Å². The minimum absolute atomic E-state index is 0.227. The van der Waals surface area contributed by atoms with Gasteiger partial charge in [0.25, 0.3) is 18.1 Å². The van der Waals surface area contributed by atoms with Crippen LogP contribution in [0, 0.1) is 13.8 Å². The lowest BCUT2D eigenvalue weighted by molar-refractivity contribution is 0.310. The molecule has 0 spiro atoms. The third-order valence-corrected chi connectivity index (χ3v) is 7.69. The molecule has 3 aromatic rings. The van der Waals surface area contributed by atoms with E-state index in [0.29, 0.717) is 11.5 Å². The topological polar surface area (TPSA) is 58.9 Å². The second-order valence-electron chi connectivity index (χ2n) is 6.55. The predicted octanol–water partition coefficient (Wildman–Crippen LogP) is 1.92. The molecule has 0 heterocycles. The average molecular weight is 409 g/mol. The van der Waals surface area contributed by atoms with E-state index in [4.69, 9.17) is 9.47 Å². The van der Waals surface area contributed by atoms with Gasteiger partial charge in [-0.05, 0) is 47.5 Å². The molecule has 0 saturated heterocycles. The van der Waals surface area contributed by atoms with Gasteiger partial charge in [-0.25, -0.2) is 0 Å². The molecule has 28 heavy (non-hydrogen) atoms. The van der Waals surface area contributed by atoms with Crippen molar-refractivity contribution in [3.63, 3.8) is 0 Å². The number of para-hydroxylation sites is 2. The highest BCUT2D eigenvalue weighted by Crippen LogP contribution is 2.26. The Bertz CT molecular complexity index is 842. The van der Waals surface area contributed by atoms with Gasteiger partial charge in [-0.2, -0.15) is 0 Å². The molecule has 0 aliphatic rings. The smallest absolute Gasteiger partial charge is 0.284 e. The van der Waals surface area contributed by atoms with Crippen LogP contribution in [-0.4, -0.2) is 40.1 Å². The van der Waals surface area contributed by atoms with Crippen molar-refractivity contribution >= 4 is 28.5 Å². The zero-order valence-electron chi connectivity index (χ0n) is 16.1. The largest absolute Gasteiger partial charge is 0.490 e. The van der Waals surface area contributed by atoms with Crippen molar-refractivity contribution < 1.29 is 19.1 Å². The van der Waals surface area contributed by atoms with Crippen molar-refractivity contribution in [2.45, 2.75) is 13.8 Å². The molecule has 0 aliphatic heterocycles. The minimum Gasteiger partial charge on any atom is -0.490 e. The molecule has 0 atom stereocenters. The van der Waals surface area contributed by atoms with Crippen molar-refractivity contribution in [2.24, 2.45) is 0 Å². The van der Waals surface area contributed by atoms with Gasteiger partial charge < -0.3 is 19.1 Å². The maximum atomic E-state index is 10.6. The number of rotatable bonds is 8. The van der Waals surface area contributed by atoms with E-state index in [0.717, 1.165) is 21.5 Å². The summed E-state index contributed by atoms with van der Waals surface area (Å²) >= 11 is 0. The Kier molecular flexibility index (Phi) is 7.05. The van der Waals surface area contributed by atoms with Crippen LogP contribution in [0.2, 0.25) is 0 Å². The first kappa shape index (κ1) is 20.4. The summed E-state index contributed by atoms with van der Waals surface area (Å²) in [4.78, 5) is 21.1. The Morgan fingerprint density at radius 3 is 1.36 bits per heavy atom. The Labute approximate surface area is 169 Å². The van der Waals surface area contributed by atoms with Gasteiger partial charge in [0.05, 0.1) is 0 Å². The maximum Gasteiger partial charge on any atom is 0.284 e. The van der Waals surface area contributed by atoms with Gasteiger partial charge in [0, 0.05) is 0 Å². The summed E-state index contributed by atoms with van der Waals surface area (Å²) < 4.78 is 11.7. The molecule has 144 valence electrons. The molecule has 6 heteroatoms. The van der Waals surface area contributed by atoms with Crippen LogP contribution in [0.25, 0.3) is 0 Å². The molecular weight excluding hydrogens is 384 g/mol.